The molecule has 2 aromatic rings. The highest BCUT2D eigenvalue weighted by Crippen LogP contribution is 2.25. The fraction of sp³-hybridized carbons (Fsp3) is 0.308. The third-order valence-corrected chi connectivity index (χ3v) is 5.11. The van der Waals surface area contributed by atoms with Gasteiger partial charge in [-0.25, -0.2) is 8.42 Å². The summed E-state index contributed by atoms with van der Waals surface area (Å²) >= 11 is 3.32. The molecule has 114 valence electrons. The van der Waals surface area contributed by atoms with E-state index in [1.807, 2.05) is 0 Å². The molecule has 0 aliphatic rings. The molecule has 3 N–H and O–H groups in total. The van der Waals surface area contributed by atoms with Crippen molar-refractivity contribution in [3.8, 4) is 0 Å². The lowest BCUT2D eigenvalue weighted by molar-refractivity contribution is 0.587. The summed E-state index contributed by atoms with van der Waals surface area (Å²) in [6.45, 7) is 4.80. The SMILES string of the molecule is CC(C)NCc1ccc(S(=O)(=O)Nc2cn[nH]c2)c(Br)c1. The minimum absolute atomic E-state index is 0.192. The van der Waals surface area contributed by atoms with Gasteiger partial charge in [0.1, 0.15) is 4.90 Å². The van der Waals surface area contributed by atoms with Crippen LogP contribution in [0.1, 0.15) is 19.4 Å². The van der Waals surface area contributed by atoms with Crippen LogP contribution in [-0.2, 0) is 16.6 Å². The molecule has 0 atom stereocenters. The summed E-state index contributed by atoms with van der Waals surface area (Å²) in [4.78, 5) is 0.192. The second kappa shape index (κ2) is 6.59. The first-order chi connectivity index (χ1) is 9.88. The molecule has 0 saturated heterocycles. The lowest BCUT2D eigenvalue weighted by atomic mass is 10.2. The van der Waals surface area contributed by atoms with E-state index < -0.39 is 10.0 Å². The number of nitrogens with zero attached hydrogens (tertiary/aromatic N) is 1. The Hall–Kier alpha value is -1.38. The first-order valence-electron chi connectivity index (χ1n) is 6.42. The minimum atomic E-state index is -3.64. The number of H-pyrrole nitrogens is 1. The normalized spacial score (nSPS) is 11.8. The number of hydrogen-bond donors (Lipinski definition) is 3. The number of benzene rings is 1. The maximum absolute atomic E-state index is 12.3. The summed E-state index contributed by atoms with van der Waals surface area (Å²) in [6.07, 6.45) is 2.89. The van der Waals surface area contributed by atoms with Crippen molar-refractivity contribution in [1.29, 1.82) is 0 Å². The Kier molecular flexibility index (Phi) is 5.02. The van der Waals surface area contributed by atoms with Gasteiger partial charge in [-0.1, -0.05) is 19.9 Å². The zero-order chi connectivity index (χ0) is 15.5. The second-order valence-corrected chi connectivity index (χ2v) is 7.40. The molecule has 0 radical (unpaired) electrons. The number of halogens is 1. The zero-order valence-corrected chi connectivity index (χ0v) is 14.1. The van der Waals surface area contributed by atoms with Crippen LogP contribution in [0.2, 0.25) is 0 Å². The third kappa shape index (κ3) is 4.29. The molecule has 0 aliphatic carbocycles. The van der Waals surface area contributed by atoms with E-state index in [1.54, 1.807) is 18.2 Å². The monoisotopic (exact) mass is 372 g/mol. The smallest absolute Gasteiger partial charge is 0.263 e. The predicted octanol–water partition coefficient (Wildman–Crippen LogP) is 2.47. The fourth-order valence-corrected chi connectivity index (χ4v) is 3.87. The van der Waals surface area contributed by atoms with E-state index in [4.69, 9.17) is 0 Å². The van der Waals surface area contributed by atoms with Crippen molar-refractivity contribution < 1.29 is 8.42 Å². The number of hydrogen-bond acceptors (Lipinski definition) is 4. The van der Waals surface area contributed by atoms with Crippen molar-refractivity contribution in [3.05, 3.63) is 40.6 Å². The predicted molar refractivity (Wildman–Crippen MR) is 85.5 cm³/mol. The number of aromatic amines is 1. The molecule has 0 saturated carbocycles. The molecule has 1 aromatic heterocycles. The van der Waals surface area contributed by atoms with E-state index in [2.05, 4.69) is 50.0 Å². The summed E-state index contributed by atoms with van der Waals surface area (Å²) < 4.78 is 27.6. The second-order valence-electron chi connectivity index (χ2n) is 4.89. The first kappa shape index (κ1) is 16.0. The molecule has 0 fully saturated rings. The van der Waals surface area contributed by atoms with Crippen molar-refractivity contribution in [2.75, 3.05) is 4.72 Å². The highest BCUT2D eigenvalue weighted by atomic mass is 79.9. The highest BCUT2D eigenvalue weighted by molar-refractivity contribution is 9.10. The molecular weight excluding hydrogens is 356 g/mol. The minimum Gasteiger partial charge on any atom is -0.310 e. The number of rotatable bonds is 6. The van der Waals surface area contributed by atoms with E-state index in [-0.39, 0.29) is 4.90 Å². The quantitative estimate of drug-likeness (QED) is 0.726. The van der Waals surface area contributed by atoms with Crippen LogP contribution in [0.25, 0.3) is 0 Å². The maximum atomic E-state index is 12.3. The fourth-order valence-electron chi connectivity index (χ4n) is 1.71. The van der Waals surface area contributed by atoms with Gasteiger partial charge in [-0.2, -0.15) is 5.10 Å². The average Bonchev–Trinajstić information content (AvgIpc) is 2.88. The Labute approximate surface area is 132 Å². The molecule has 2 rings (SSSR count). The lowest BCUT2D eigenvalue weighted by Crippen LogP contribution is -2.22. The number of sulfonamides is 1. The zero-order valence-electron chi connectivity index (χ0n) is 11.7. The van der Waals surface area contributed by atoms with Crippen molar-refractivity contribution >= 4 is 31.6 Å². The molecule has 8 heteroatoms. The summed E-state index contributed by atoms with van der Waals surface area (Å²) in [5, 5.41) is 9.55. The van der Waals surface area contributed by atoms with Gasteiger partial charge < -0.3 is 5.32 Å². The molecule has 6 nitrogen and oxygen atoms in total. The summed E-state index contributed by atoms with van der Waals surface area (Å²) in [6, 6.07) is 5.56. The van der Waals surface area contributed by atoms with Crippen molar-refractivity contribution in [3.63, 3.8) is 0 Å². The molecule has 0 spiro atoms. The third-order valence-electron chi connectivity index (χ3n) is 2.75. The van der Waals surface area contributed by atoms with E-state index in [1.165, 1.54) is 12.4 Å². The van der Waals surface area contributed by atoms with Crippen molar-refractivity contribution in [2.45, 2.75) is 31.3 Å². The van der Waals surface area contributed by atoms with Crippen LogP contribution in [0.4, 0.5) is 5.69 Å². The van der Waals surface area contributed by atoms with Gasteiger partial charge in [-0.05, 0) is 33.6 Å². The molecule has 1 heterocycles. The van der Waals surface area contributed by atoms with E-state index in [0.29, 0.717) is 22.7 Å². The Morgan fingerprint density at radius 2 is 2.14 bits per heavy atom. The Bertz CT molecular complexity index is 699. The van der Waals surface area contributed by atoms with Crippen LogP contribution in [-0.4, -0.2) is 24.7 Å². The Morgan fingerprint density at radius 1 is 1.38 bits per heavy atom. The summed E-state index contributed by atoms with van der Waals surface area (Å²) in [7, 11) is -3.64. The largest absolute Gasteiger partial charge is 0.310 e. The number of aromatic nitrogens is 2. The van der Waals surface area contributed by atoms with Crippen LogP contribution < -0.4 is 10.0 Å². The van der Waals surface area contributed by atoms with Gasteiger partial charge in [0.05, 0.1) is 11.9 Å². The Morgan fingerprint density at radius 3 is 2.71 bits per heavy atom. The highest BCUT2D eigenvalue weighted by Gasteiger charge is 2.18. The molecule has 0 amide bonds. The lowest BCUT2D eigenvalue weighted by Gasteiger charge is -2.11. The van der Waals surface area contributed by atoms with Crippen molar-refractivity contribution in [1.82, 2.24) is 15.5 Å². The van der Waals surface area contributed by atoms with Gasteiger partial charge in [0, 0.05) is 23.3 Å². The van der Waals surface area contributed by atoms with Gasteiger partial charge in [0.2, 0.25) is 0 Å². The van der Waals surface area contributed by atoms with Crippen LogP contribution in [0, 0.1) is 0 Å². The Balaban J connectivity index is 2.20. The van der Waals surface area contributed by atoms with Gasteiger partial charge in [-0.15, -0.1) is 0 Å². The van der Waals surface area contributed by atoms with Gasteiger partial charge in [0.15, 0.2) is 0 Å². The maximum Gasteiger partial charge on any atom is 0.263 e. The molecular formula is C13H17BrN4O2S. The number of nitrogens with one attached hydrogen (secondary N) is 3. The van der Waals surface area contributed by atoms with Crippen LogP contribution in [0.5, 0.6) is 0 Å². The summed E-state index contributed by atoms with van der Waals surface area (Å²) in [5.41, 5.74) is 1.41. The molecule has 0 bridgehead atoms. The van der Waals surface area contributed by atoms with Crippen molar-refractivity contribution in [2.24, 2.45) is 0 Å². The standard InChI is InChI=1S/C13H17BrN4O2S/c1-9(2)15-6-10-3-4-13(12(14)5-10)21(19,20)18-11-7-16-17-8-11/h3-5,7-9,15,18H,6H2,1-2H3,(H,16,17). The molecule has 1 aromatic carbocycles. The van der Waals surface area contributed by atoms with Crippen LogP contribution in [0.3, 0.4) is 0 Å². The van der Waals surface area contributed by atoms with Crippen LogP contribution in [0.15, 0.2) is 40.0 Å². The molecule has 0 aliphatic heterocycles. The van der Waals surface area contributed by atoms with E-state index in [0.717, 1.165) is 5.56 Å². The van der Waals surface area contributed by atoms with E-state index >= 15 is 0 Å². The molecule has 21 heavy (non-hydrogen) atoms. The van der Waals surface area contributed by atoms with Crippen LogP contribution >= 0.6 is 15.9 Å². The number of anilines is 1. The molecule has 0 unspecified atom stereocenters. The van der Waals surface area contributed by atoms with Gasteiger partial charge >= 0.3 is 0 Å². The average molecular weight is 373 g/mol. The van der Waals surface area contributed by atoms with Gasteiger partial charge in [0.25, 0.3) is 10.0 Å². The van der Waals surface area contributed by atoms with E-state index in [9.17, 15) is 8.42 Å². The first-order valence-corrected chi connectivity index (χ1v) is 8.69. The van der Waals surface area contributed by atoms with Gasteiger partial charge in [-0.3, -0.25) is 9.82 Å². The summed E-state index contributed by atoms with van der Waals surface area (Å²) in [5.74, 6) is 0. The topological polar surface area (TPSA) is 86.9 Å².